The van der Waals surface area contributed by atoms with Gasteiger partial charge in [-0.05, 0) is 13.3 Å². The summed E-state index contributed by atoms with van der Waals surface area (Å²) in [6.07, 6.45) is 2.84. The van der Waals surface area contributed by atoms with Gasteiger partial charge in [0.25, 0.3) is 0 Å². The Morgan fingerprint density at radius 1 is 1.60 bits per heavy atom. The van der Waals surface area contributed by atoms with Crippen LogP contribution < -0.4 is 5.32 Å². The summed E-state index contributed by atoms with van der Waals surface area (Å²) >= 11 is 0. The first-order chi connectivity index (χ1) is 9.47. The number of amides is 2. The SMILES string of the molecule is CCC1(CNC(=O)N(C)Cc2cnn(C)c2C)COC1. The number of aromatic nitrogens is 2. The number of aryl methyl sites for hydroxylation is 1. The van der Waals surface area contributed by atoms with Crippen molar-refractivity contribution in [3.8, 4) is 0 Å². The molecule has 1 fully saturated rings. The molecule has 1 aliphatic heterocycles. The van der Waals surface area contributed by atoms with Crippen molar-refractivity contribution in [2.24, 2.45) is 12.5 Å². The number of nitrogens with zero attached hydrogens (tertiary/aromatic N) is 3. The van der Waals surface area contributed by atoms with Gasteiger partial charge >= 0.3 is 6.03 Å². The minimum absolute atomic E-state index is 0.0482. The zero-order chi connectivity index (χ0) is 14.8. The summed E-state index contributed by atoms with van der Waals surface area (Å²) in [6, 6.07) is -0.0482. The Labute approximate surface area is 120 Å². The Hall–Kier alpha value is -1.56. The molecule has 1 aromatic rings. The number of nitrogens with one attached hydrogen (secondary N) is 1. The number of urea groups is 1. The minimum atomic E-state index is -0.0482. The lowest BCUT2D eigenvalue weighted by atomic mass is 9.83. The molecule has 2 rings (SSSR count). The normalized spacial score (nSPS) is 16.6. The number of ether oxygens (including phenoxy) is 1. The molecule has 0 aromatic carbocycles. The lowest BCUT2D eigenvalue weighted by Gasteiger charge is -2.41. The zero-order valence-corrected chi connectivity index (χ0v) is 12.8. The van der Waals surface area contributed by atoms with Crippen LogP contribution in [0.3, 0.4) is 0 Å². The van der Waals surface area contributed by atoms with Crippen molar-refractivity contribution < 1.29 is 9.53 Å². The van der Waals surface area contributed by atoms with Crippen LogP contribution in [0.5, 0.6) is 0 Å². The van der Waals surface area contributed by atoms with Crippen LogP contribution >= 0.6 is 0 Å². The Bertz CT molecular complexity index is 474. The highest BCUT2D eigenvalue weighted by molar-refractivity contribution is 5.73. The highest BCUT2D eigenvalue weighted by Crippen LogP contribution is 2.30. The van der Waals surface area contributed by atoms with Gasteiger partial charge in [-0.2, -0.15) is 5.10 Å². The summed E-state index contributed by atoms with van der Waals surface area (Å²) in [5, 5.41) is 7.19. The second-order valence-electron chi connectivity index (χ2n) is 5.74. The van der Waals surface area contributed by atoms with Gasteiger partial charge in [-0.25, -0.2) is 4.79 Å². The van der Waals surface area contributed by atoms with Gasteiger partial charge in [-0.3, -0.25) is 4.68 Å². The van der Waals surface area contributed by atoms with Crippen molar-refractivity contribution in [1.29, 1.82) is 0 Å². The van der Waals surface area contributed by atoms with E-state index in [4.69, 9.17) is 4.74 Å². The summed E-state index contributed by atoms with van der Waals surface area (Å²) in [5.74, 6) is 0. The van der Waals surface area contributed by atoms with E-state index in [1.807, 2.05) is 24.9 Å². The molecule has 6 heteroatoms. The monoisotopic (exact) mass is 280 g/mol. The third-order valence-corrected chi connectivity index (χ3v) is 4.27. The van der Waals surface area contributed by atoms with Crippen LogP contribution in [0.2, 0.25) is 0 Å². The fraction of sp³-hybridized carbons (Fsp3) is 0.714. The van der Waals surface area contributed by atoms with Crippen molar-refractivity contribution in [2.75, 3.05) is 26.8 Å². The molecule has 0 atom stereocenters. The van der Waals surface area contributed by atoms with Gasteiger partial charge in [0.05, 0.1) is 26.0 Å². The average molecular weight is 280 g/mol. The van der Waals surface area contributed by atoms with E-state index in [1.165, 1.54) is 0 Å². The van der Waals surface area contributed by atoms with Gasteiger partial charge in [0, 0.05) is 37.3 Å². The van der Waals surface area contributed by atoms with Crippen molar-refractivity contribution >= 4 is 6.03 Å². The summed E-state index contributed by atoms with van der Waals surface area (Å²) in [6.45, 7) is 6.88. The van der Waals surface area contributed by atoms with E-state index in [0.29, 0.717) is 13.1 Å². The van der Waals surface area contributed by atoms with Crippen LogP contribution in [0, 0.1) is 12.3 Å². The highest BCUT2D eigenvalue weighted by Gasteiger charge is 2.37. The number of hydrogen-bond acceptors (Lipinski definition) is 3. The van der Waals surface area contributed by atoms with Crippen LogP contribution in [-0.4, -0.2) is 47.5 Å². The first-order valence-corrected chi connectivity index (χ1v) is 7.01. The molecule has 0 spiro atoms. The minimum Gasteiger partial charge on any atom is -0.380 e. The molecule has 0 radical (unpaired) electrons. The second kappa shape index (κ2) is 5.83. The van der Waals surface area contributed by atoms with Crippen molar-refractivity contribution in [3.05, 3.63) is 17.5 Å². The molecule has 2 amide bonds. The van der Waals surface area contributed by atoms with E-state index in [-0.39, 0.29) is 11.4 Å². The molecule has 1 saturated heterocycles. The van der Waals surface area contributed by atoms with E-state index in [2.05, 4.69) is 17.3 Å². The van der Waals surface area contributed by atoms with Crippen molar-refractivity contribution in [3.63, 3.8) is 0 Å². The maximum atomic E-state index is 12.1. The lowest BCUT2D eigenvalue weighted by molar-refractivity contribution is -0.111. The fourth-order valence-corrected chi connectivity index (χ4v) is 2.25. The van der Waals surface area contributed by atoms with E-state index < -0.39 is 0 Å². The standard InChI is InChI=1S/C14H24N4O2/c1-5-14(9-20-10-14)8-15-13(19)17(3)7-12-6-16-18(4)11(12)2/h6H,5,7-10H2,1-4H3,(H,15,19). The van der Waals surface area contributed by atoms with Gasteiger partial charge in [-0.15, -0.1) is 0 Å². The largest absolute Gasteiger partial charge is 0.380 e. The first kappa shape index (κ1) is 14.8. The lowest BCUT2D eigenvalue weighted by Crippen LogP contribution is -2.52. The van der Waals surface area contributed by atoms with E-state index in [1.54, 1.807) is 11.9 Å². The highest BCUT2D eigenvalue weighted by atomic mass is 16.5. The van der Waals surface area contributed by atoms with Crippen molar-refractivity contribution in [1.82, 2.24) is 20.0 Å². The smallest absolute Gasteiger partial charge is 0.317 e. The summed E-state index contributed by atoms with van der Waals surface area (Å²) in [4.78, 5) is 13.8. The predicted octanol–water partition coefficient (Wildman–Crippen LogP) is 1.30. The average Bonchev–Trinajstić information content (AvgIpc) is 2.69. The Morgan fingerprint density at radius 2 is 2.30 bits per heavy atom. The number of carbonyl (C=O) groups is 1. The predicted molar refractivity (Wildman–Crippen MR) is 76.4 cm³/mol. The molecule has 1 aliphatic rings. The molecule has 0 bridgehead atoms. The Balaban J connectivity index is 1.84. The number of carbonyl (C=O) groups excluding carboxylic acids is 1. The third-order valence-electron chi connectivity index (χ3n) is 4.27. The van der Waals surface area contributed by atoms with Gasteiger partial charge in [0.15, 0.2) is 0 Å². The fourth-order valence-electron chi connectivity index (χ4n) is 2.25. The molecular formula is C14H24N4O2. The molecule has 112 valence electrons. The second-order valence-corrected chi connectivity index (χ2v) is 5.74. The molecule has 0 saturated carbocycles. The van der Waals surface area contributed by atoms with E-state index >= 15 is 0 Å². The molecule has 0 unspecified atom stereocenters. The van der Waals surface area contributed by atoms with E-state index in [9.17, 15) is 4.79 Å². The summed E-state index contributed by atoms with van der Waals surface area (Å²) in [7, 11) is 3.71. The number of hydrogen-bond donors (Lipinski definition) is 1. The molecule has 6 nitrogen and oxygen atoms in total. The first-order valence-electron chi connectivity index (χ1n) is 7.01. The molecule has 20 heavy (non-hydrogen) atoms. The maximum Gasteiger partial charge on any atom is 0.317 e. The van der Waals surface area contributed by atoms with Crippen LogP contribution in [0.25, 0.3) is 0 Å². The van der Waals surface area contributed by atoms with Crippen LogP contribution in [0.15, 0.2) is 6.20 Å². The van der Waals surface area contributed by atoms with Gasteiger partial charge < -0.3 is 15.0 Å². The van der Waals surface area contributed by atoms with Gasteiger partial charge in [0.1, 0.15) is 0 Å². The number of rotatable bonds is 5. The summed E-state index contributed by atoms with van der Waals surface area (Å²) < 4.78 is 7.08. The van der Waals surface area contributed by atoms with Crippen molar-refractivity contribution in [2.45, 2.75) is 26.8 Å². The van der Waals surface area contributed by atoms with Crippen LogP contribution in [-0.2, 0) is 18.3 Å². The molecule has 2 heterocycles. The summed E-state index contributed by atoms with van der Waals surface area (Å²) in [5.41, 5.74) is 2.30. The van der Waals surface area contributed by atoms with Gasteiger partial charge in [0.2, 0.25) is 0 Å². The quantitative estimate of drug-likeness (QED) is 0.884. The van der Waals surface area contributed by atoms with Crippen LogP contribution in [0.4, 0.5) is 4.79 Å². The van der Waals surface area contributed by atoms with Crippen LogP contribution in [0.1, 0.15) is 24.6 Å². The van der Waals surface area contributed by atoms with Gasteiger partial charge in [-0.1, -0.05) is 6.92 Å². The Kier molecular flexibility index (Phi) is 4.32. The zero-order valence-electron chi connectivity index (χ0n) is 12.8. The molecular weight excluding hydrogens is 256 g/mol. The Morgan fingerprint density at radius 3 is 2.75 bits per heavy atom. The molecule has 1 N–H and O–H groups in total. The van der Waals surface area contributed by atoms with E-state index in [0.717, 1.165) is 30.9 Å². The maximum absolute atomic E-state index is 12.1. The topological polar surface area (TPSA) is 59.4 Å². The molecule has 0 aliphatic carbocycles. The molecule has 1 aromatic heterocycles. The third kappa shape index (κ3) is 2.95.